The molecule has 0 fully saturated rings. The molecule has 170 valence electrons. The first-order chi connectivity index (χ1) is 16.1. The molecule has 34 heavy (non-hydrogen) atoms. The molecule has 0 aliphatic carbocycles. The van der Waals surface area contributed by atoms with Crippen LogP contribution in [0.5, 0.6) is 0 Å². The van der Waals surface area contributed by atoms with Gasteiger partial charge in [-0.25, -0.2) is 0 Å². The van der Waals surface area contributed by atoms with Gasteiger partial charge in [0, 0.05) is 15.5 Å². The van der Waals surface area contributed by atoms with Crippen LogP contribution in [-0.4, -0.2) is 0 Å². The van der Waals surface area contributed by atoms with Crippen LogP contribution in [0.2, 0.25) is 0 Å². The number of rotatable bonds is 2. The molecule has 0 aliphatic heterocycles. The molecule has 0 N–H and O–H groups in total. The molecule has 0 bridgehead atoms. The maximum absolute atomic E-state index is 10.0. The highest BCUT2D eigenvalue weighted by molar-refractivity contribution is 7.27. The van der Waals surface area contributed by atoms with Crippen LogP contribution < -0.4 is 4.57 Å². The molecule has 2 heterocycles. The van der Waals surface area contributed by atoms with Crippen molar-refractivity contribution < 1.29 is 4.57 Å². The topological polar surface area (TPSA) is 27.7 Å². The smallest absolute Gasteiger partial charge is 0.198 e. The maximum Gasteiger partial charge on any atom is 0.230 e. The van der Waals surface area contributed by atoms with Gasteiger partial charge in [-0.1, -0.05) is 62.7 Å². The van der Waals surface area contributed by atoms with E-state index < -0.39 is 0 Å². The summed E-state index contributed by atoms with van der Waals surface area (Å²) < 4.78 is 4.60. The normalized spacial score (nSPS) is 12.1. The Morgan fingerprint density at radius 3 is 2.38 bits per heavy atom. The molecule has 0 spiro atoms. The Hall–Kier alpha value is -3.22. The molecule has 0 radical (unpaired) electrons. The first kappa shape index (κ1) is 22.6. The largest absolute Gasteiger partial charge is 0.230 e. The Morgan fingerprint density at radius 2 is 1.68 bits per heavy atom. The summed E-state index contributed by atoms with van der Waals surface area (Å²) in [6.45, 7) is 13.4. The van der Waals surface area contributed by atoms with Gasteiger partial charge in [-0.05, 0) is 66.1 Å². The second-order valence-electron chi connectivity index (χ2n) is 10.9. The van der Waals surface area contributed by atoms with Crippen molar-refractivity contribution in [2.24, 2.45) is 12.5 Å². The van der Waals surface area contributed by atoms with Crippen LogP contribution in [0.3, 0.4) is 0 Å². The van der Waals surface area contributed by atoms with Crippen LogP contribution in [0.25, 0.3) is 42.2 Å². The van der Waals surface area contributed by atoms with Gasteiger partial charge in [-0.15, -0.1) is 11.3 Å². The number of aromatic nitrogens is 1. The highest BCUT2D eigenvalue weighted by atomic mass is 32.1. The second-order valence-corrected chi connectivity index (χ2v) is 11.9. The molecule has 2 nitrogen and oxygen atoms in total. The minimum atomic E-state index is 0.255. The van der Waals surface area contributed by atoms with Crippen LogP contribution >= 0.6 is 11.3 Å². The molecular formula is C31H31N2S+. The SMILES string of the molecule is Cc1cc(C)c(C)c(-c2c3sc4c5ccc(CC(C)(C)C)cc5ccc4c3c(C#N)c[n+]2C)c1. The monoisotopic (exact) mass is 463 g/mol. The van der Waals surface area contributed by atoms with Gasteiger partial charge in [0.15, 0.2) is 6.20 Å². The van der Waals surface area contributed by atoms with Crippen molar-refractivity contribution in [2.45, 2.75) is 48.0 Å². The minimum Gasteiger partial charge on any atom is -0.198 e. The average Bonchev–Trinajstić information content (AvgIpc) is 3.14. The van der Waals surface area contributed by atoms with E-state index in [1.807, 2.05) is 17.5 Å². The fourth-order valence-corrected chi connectivity index (χ4v) is 6.71. The minimum absolute atomic E-state index is 0.255. The zero-order valence-corrected chi connectivity index (χ0v) is 21.9. The van der Waals surface area contributed by atoms with Gasteiger partial charge in [0.05, 0.1) is 5.56 Å². The molecule has 0 aliphatic rings. The number of hydrogen-bond acceptors (Lipinski definition) is 2. The number of fused-ring (bicyclic) bond motifs is 5. The predicted molar refractivity (Wildman–Crippen MR) is 146 cm³/mol. The molecule has 5 aromatic rings. The number of aryl methyl sites for hydroxylation is 3. The number of benzene rings is 3. The van der Waals surface area contributed by atoms with E-state index in [9.17, 15) is 5.26 Å². The Morgan fingerprint density at radius 1 is 0.941 bits per heavy atom. The number of pyridine rings is 1. The third kappa shape index (κ3) is 3.67. The molecule has 2 aromatic heterocycles. The van der Waals surface area contributed by atoms with Gasteiger partial charge in [-0.3, -0.25) is 0 Å². The van der Waals surface area contributed by atoms with E-state index >= 15 is 0 Å². The Balaban J connectivity index is 1.87. The van der Waals surface area contributed by atoms with Crippen molar-refractivity contribution in [1.82, 2.24) is 0 Å². The standard InChI is InChI=1S/C31H31N2S/c1-18-12-19(2)20(3)26(13-18)28-30-27(23(16-32)17-33(28)7)25-11-9-22-14-21(15-31(4,5)6)8-10-24(22)29(25)34-30/h8-14,17H,15H2,1-7H3/q+1. The third-order valence-electron chi connectivity index (χ3n) is 6.82. The Bertz CT molecular complexity index is 1660. The fourth-order valence-electron chi connectivity index (χ4n) is 5.26. The number of thiophene rings is 1. The molecule has 0 unspecified atom stereocenters. The van der Waals surface area contributed by atoms with E-state index in [0.29, 0.717) is 0 Å². The molecule has 5 rings (SSSR count). The molecule has 0 amide bonds. The van der Waals surface area contributed by atoms with Gasteiger partial charge in [-0.2, -0.15) is 9.83 Å². The molecule has 3 aromatic carbocycles. The van der Waals surface area contributed by atoms with Crippen molar-refractivity contribution >= 4 is 42.3 Å². The van der Waals surface area contributed by atoms with Gasteiger partial charge in [0.2, 0.25) is 5.69 Å². The van der Waals surface area contributed by atoms with Crippen LogP contribution in [-0.2, 0) is 13.5 Å². The first-order valence-corrected chi connectivity index (χ1v) is 12.7. The molecule has 0 atom stereocenters. The summed E-state index contributed by atoms with van der Waals surface area (Å²) >= 11 is 1.82. The lowest BCUT2D eigenvalue weighted by Gasteiger charge is -2.18. The molecule has 0 saturated carbocycles. The molecular weight excluding hydrogens is 432 g/mol. The van der Waals surface area contributed by atoms with Crippen molar-refractivity contribution in [3.8, 4) is 17.3 Å². The summed E-state index contributed by atoms with van der Waals surface area (Å²) in [6.07, 6.45) is 3.05. The first-order valence-electron chi connectivity index (χ1n) is 11.9. The van der Waals surface area contributed by atoms with E-state index in [-0.39, 0.29) is 5.41 Å². The number of nitrogens with zero attached hydrogens (tertiary/aromatic N) is 2. The van der Waals surface area contributed by atoms with Gasteiger partial charge in [0.25, 0.3) is 0 Å². The summed E-state index contributed by atoms with van der Waals surface area (Å²) in [5, 5.41) is 14.8. The predicted octanol–water partition coefficient (Wildman–Crippen LogP) is 8.08. The molecule has 0 saturated heterocycles. The Kier molecular flexibility index (Phi) is 5.26. The van der Waals surface area contributed by atoms with Gasteiger partial charge < -0.3 is 0 Å². The summed E-state index contributed by atoms with van der Waals surface area (Å²) in [5.41, 5.74) is 8.65. The van der Waals surface area contributed by atoms with E-state index in [4.69, 9.17) is 0 Å². The van der Waals surface area contributed by atoms with E-state index in [0.717, 1.165) is 17.4 Å². The van der Waals surface area contributed by atoms with Crippen molar-refractivity contribution in [3.63, 3.8) is 0 Å². The lowest BCUT2D eigenvalue weighted by Crippen LogP contribution is -2.31. The summed E-state index contributed by atoms with van der Waals surface area (Å²) in [6, 6.07) is 18.3. The van der Waals surface area contributed by atoms with Gasteiger partial charge >= 0.3 is 0 Å². The number of hydrogen-bond donors (Lipinski definition) is 0. The average molecular weight is 464 g/mol. The zero-order chi connectivity index (χ0) is 24.4. The fraction of sp³-hybridized carbons (Fsp3) is 0.290. The highest BCUT2D eigenvalue weighted by Crippen LogP contribution is 2.44. The third-order valence-corrected chi connectivity index (χ3v) is 8.06. The summed E-state index contributed by atoms with van der Waals surface area (Å²) in [5.74, 6) is 0. The summed E-state index contributed by atoms with van der Waals surface area (Å²) in [7, 11) is 2.06. The van der Waals surface area contributed by atoms with Crippen LogP contribution in [0.15, 0.2) is 48.7 Å². The van der Waals surface area contributed by atoms with E-state index in [1.54, 1.807) is 0 Å². The van der Waals surface area contributed by atoms with Crippen molar-refractivity contribution in [1.29, 1.82) is 5.26 Å². The lowest BCUT2D eigenvalue weighted by atomic mass is 9.87. The quantitative estimate of drug-likeness (QED) is 0.243. The van der Waals surface area contributed by atoms with Crippen molar-refractivity contribution in [2.75, 3.05) is 0 Å². The van der Waals surface area contributed by atoms with Crippen molar-refractivity contribution in [3.05, 3.63) is 76.5 Å². The maximum atomic E-state index is 10.0. The van der Waals surface area contributed by atoms with Gasteiger partial charge in [0.1, 0.15) is 23.4 Å². The van der Waals surface area contributed by atoms with Crippen LogP contribution in [0, 0.1) is 37.5 Å². The molecule has 3 heteroatoms. The van der Waals surface area contributed by atoms with Crippen LogP contribution in [0.4, 0.5) is 0 Å². The zero-order valence-electron chi connectivity index (χ0n) is 21.1. The number of nitriles is 1. The second kappa shape index (κ2) is 7.93. The Labute approximate surface area is 206 Å². The van der Waals surface area contributed by atoms with E-state index in [2.05, 4.69) is 102 Å². The lowest BCUT2D eigenvalue weighted by molar-refractivity contribution is -0.659. The van der Waals surface area contributed by atoms with E-state index in [1.165, 1.54) is 59.1 Å². The highest BCUT2D eigenvalue weighted by Gasteiger charge is 2.25. The summed E-state index contributed by atoms with van der Waals surface area (Å²) in [4.78, 5) is 0. The van der Waals surface area contributed by atoms with Crippen LogP contribution in [0.1, 0.15) is 48.6 Å².